The molecule has 3 atom stereocenters. The Kier molecular flexibility index (Phi) is 4.06. The fourth-order valence-corrected chi connectivity index (χ4v) is 5.20. The van der Waals surface area contributed by atoms with Gasteiger partial charge < -0.3 is 9.29 Å². The SMILES string of the molecule is CN(C)S(=O)(=O)Oc1ccc2c3c(ccc2c1)[C@@H]1CC[C@H](O)[C@@]1(C)CC3. The van der Waals surface area contributed by atoms with E-state index in [1.54, 1.807) is 12.1 Å². The van der Waals surface area contributed by atoms with Crippen molar-refractivity contribution in [1.29, 1.82) is 0 Å². The number of benzene rings is 2. The molecule has 0 spiro atoms. The molecule has 0 aromatic heterocycles. The highest BCUT2D eigenvalue weighted by atomic mass is 32.2. The zero-order chi connectivity index (χ0) is 18.7. The number of nitrogens with zero attached hydrogens (tertiary/aromatic N) is 1. The van der Waals surface area contributed by atoms with Crippen LogP contribution in [-0.2, 0) is 16.7 Å². The average molecular weight is 375 g/mol. The van der Waals surface area contributed by atoms with Gasteiger partial charge in [-0.25, -0.2) is 0 Å². The van der Waals surface area contributed by atoms with Crippen LogP contribution in [0, 0.1) is 5.41 Å². The fraction of sp³-hybridized carbons (Fsp3) is 0.500. The number of aliphatic hydroxyl groups is 1. The van der Waals surface area contributed by atoms with E-state index in [1.165, 1.54) is 25.2 Å². The summed E-state index contributed by atoms with van der Waals surface area (Å²) in [4.78, 5) is 0. The first kappa shape index (κ1) is 17.8. The van der Waals surface area contributed by atoms with Crippen LogP contribution in [0.2, 0.25) is 0 Å². The van der Waals surface area contributed by atoms with E-state index in [4.69, 9.17) is 4.18 Å². The predicted molar refractivity (Wildman–Crippen MR) is 102 cm³/mol. The largest absolute Gasteiger partial charge is 0.393 e. The summed E-state index contributed by atoms with van der Waals surface area (Å²) in [6, 6.07) is 9.67. The van der Waals surface area contributed by atoms with E-state index in [2.05, 4.69) is 13.0 Å². The Hall–Kier alpha value is -1.63. The highest BCUT2D eigenvalue weighted by Crippen LogP contribution is 2.56. The van der Waals surface area contributed by atoms with Gasteiger partial charge in [0.2, 0.25) is 0 Å². The maximum absolute atomic E-state index is 11.9. The Morgan fingerprint density at radius 1 is 1.19 bits per heavy atom. The lowest BCUT2D eigenvalue weighted by atomic mass is 9.65. The van der Waals surface area contributed by atoms with Gasteiger partial charge >= 0.3 is 10.3 Å². The molecule has 6 heteroatoms. The van der Waals surface area contributed by atoms with Crippen molar-refractivity contribution in [2.45, 2.75) is 44.6 Å². The minimum Gasteiger partial charge on any atom is -0.393 e. The molecule has 0 aliphatic heterocycles. The van der Waals surface area contributed by atoms with Gasteiger partial charge in [0, 0.05) is 19.5 Å². The molecule has 0 saturated heterocycles. The van der Waals surface area contributed by atoms with Crippen molar-refractivity contribution in [1.82, 2.24) is 4.31 Å². The predicted octanol–water partition coefficient (Wildman–Crippen LogP) is 3.22. The Morgan fingerprint density at radius 2 is 1.96 bits per heavy atom. The molecule has 1 N–H and O–H groups in total. The van der Waals surface area contributed by atoms with E-state index in [0.717, 1.165) is 40.8 Å². The minimum atomic E-state index is -3.76. The number of aliphatic hydroxyl groups excluding tert-OH is 1. The standard InChI is InChI=1S/C20H25NO4S/c1-20-11-10-16-15-7-5-14(25-26(23,24)21(2)3)12-13(15)4-6-17(16)18(20)8-9-19(20)22/h4-7,12,18-19,22H,8-11H2,1-3H3/t18-,19-,20-/m0/s1. The van der Waals surface area contributed by atoms with E-state index < -0.39 is 10.3 Å². The minimum absolute atomic E-state index is 0.0243. The van der Waals surface area contributed by atoms with E-state index >= 15 is 0 Å². The summed E-state index contributed by atoms with van der Waals surface area (Å²) < 4.78 is 30.1. The Labute approximate surface area is 154 Å². The number of hydrogen-bond donors (Lipinski definition) is 1. The second kappa shape index (κ2) is 5.94. The lowest BCUT2D eigenvalue weighted by Gasteiger charge is -2.40. The van der Waals surface area contributed by atoms with Crippen LogP contribution in [0.1, 0.15) is 43.2 Å². The van der Waals surface area contributed by atoms with Crippen LogP contribution in [0.25, 0.3) is 10.8 Å². The van der Waals surface area contributed by atoms with Crippen molar-refractivity contribution in [3.05, 3.63) is 41.5 Å². The molecular formula is C20H25NO4S. The number of rotatable bonds is 3. The maximum Gasteiger partial charge on any atom is 0.384 e. The van der Waals surface area contributed by atoms with Crippen LogP contribution < -0.4 is 4.18 Å². The summed E-state index contributed by atoms with van der Waals surface area (Å²) in [7, 11) is -0.869. The van der Waals surface area contributed by atoms with Crippen molar-refractivity contribution in [3.8, 4) is 5.75 Å². The van der Waals surface area contributed by atoms with Crippen molar-refractivity contribution < 1.29 is 17.7 Å². The van der Waals surface area contributed by atoms with Crippen molar-refractivity contribution in [2.75, 3.05) is 14.1 Å². The van der Waals surface area contributed by atoms with Gasteiger partial charge in [0.1, 0.15) is 5.75 Å². The first-order valence-corrected chi connectivity index (χ1v) is 10.4. The van der Waals surface area contributed by atoms with Crippen LogP contribution >= 0.6 is 0 Å². The highest BCUT2D eigenvalue weighted by Gasteiger charge is 2.49. The molecule has 26 heavy (non-hydrogen) atoms. The summed E-state index contributed by atoms with van der Waals surface area (Å²) >= 11 is 0. The molecular weight excluding hydrogens is 350 g/mol. The second-order valence-electron chi connectivity index (χ2n) is 7.99. The van der Waals surface area contributed by atoms with Gasteiger partial charge in [0.15, 0.2) is 0 Å². The Morgan fingerprint density at radius 3 is 2.69 bits per heavy atom. The second-order valence-corrected chi connectivity index (χ2v) is 9.74. The number of aryl methyl sites for hydroxylation is 1. The quantitative estimate of drug-likeness (QED) is 0.894. The molecule has 1 saturated carbocycles. The van der Waals surface area contributed by atoms with Crippen LogP contribution in [0.5, 0.6) is 5.75 Å². The molecule has 2 aliphatic rings. The molecule has 4 rings (SSSR count). The van der Waals surface area contributed by atoms with Gasteiger partial charge in [-0.1, -0.05) is 25.1 Å². The third-order valence-electron chi connectivity index (χ3n) is 6.36. The maximum atomic E-state index is 11.9. The van der Waals surface area contributed by atoms with E-state index in [-0.39, 0.29) is 11.5 Å². The molecule has 0 amide bonds. The lowest BCUT2D eigenvalue weighted by Crippen LogP contribution is -2.35. The summed E-state index contributed by atoms with van der Waals surface area (Å²) in [5, 5.41) is 12.6. The van der Waals surface area contributed by atoms with Gasteiger partial charge in [-0.05, 0) is 65.6 Å². The first-order valence-electron chi connectivity index (χ1n) is 9.08. The normalized spacial score (nSPS) is 28.2. The highest BCUT2D eigenvalue weighted by molar-refractivity contribution is 7.84. The molecule has 2 aromatic carbocycles. The van der Waals surface area contributed by atoms with Gasteiger partial charge in [0.25, 0.3) is 0 Å². The zero-order valence-electron chi connectivity index (χ0n) is 15.4. The fourth-order valence-electron chi connectivity index (χ4n) is 4.70. The zero-order valence-corrected chi connectivity index (χ0v) is 16.2. The molecule has 0 unspecified atom stereocenters. The molecule has 1 fully saturated rings. The van der Waals surface area contributed by atoms with E-state index in [9.17, 15) is 13.5 Å². The van der Waals surface area contributed by atoms with Crippen LogP contribution in [0.15, 0.2) is 30.3 Å². The van der Waals surface area contributed by atoms with Gasteiger partial charge in [-0.15, -0.1) is 0 Å². The van der Waals surface area contributed by atoms with Crippen LogP contribution in [0.4, 0.5) is 0 Å². The van der Waals surface area contributed by atoms with Gasteiger partial charge in [-0.2, -0.15) is 12.7 Å². The van der Waals surface area contributed by atoms with E-state index in [0.29, 0.717) is 11.7 Å². The topological polar surface area (TPSA) is 66.8 Å². The lowest BCUT2D eigenvalue weighted by molar-refractivity contribution is 0.0459. The third-order valence-corrected chi connectivity index (χ3v) is 7.66. The third kappa shape index (κ3) is 2.63. The summed E-state index contributed by atoms with van der Waals surface area (Å²) in [5.74, 6) is 0.721. The van der Waals surface area contributed by atoms with Crippen molar-refractivity contribution in [3.63, 3.8) is 0 Å². The van der Waals surface area contributed by atoms with Gasteiger partial charge in [-0.3, -0.25) is 0 Å². The average Bonchev–Trinajstić information content (AvgIpc) is 2.89. The number of hydrogen-bond acceptors (Lipinski definition) is 4. The Bertz CT molecular complexity index is 969. The molecule has 2 aliphatic carbocycles. The van der Waals surface area contributed by atoms with Crippen LogP contribution in [-0.4, -0.2) is 38.0 Å². The Balaban J connectivity index is 1.75. The summed E-state index contributed by atoms with van der Waals surface area (Å²) in [6.45, 7) is 2.21. The molecule has 5 nitrogen and oxygen atoms in total. The monoisotopic (exact) mass is 375 g/mol. The van der Waals surface area contributed by atoms with Crippen LogP contribution in [0.3, 0.4) is 0 Å². The molecule has 140 valence electrons. The van der Waals surface area contributed by atoms with Crippen molar-refractivity contribution in [2.24, 2.45) is 5.41 Å². The van der Waals surface area contributed by atoms with E-state index in [1.807, 2.05) is 12.1 Å². The molecule has 0 radical (unpaired) electrons. The summed E-state index contributed by atoms with van der Waals surface area (Å²) in [6.07, 6.45) is 3.60. The molecule has 2 aromatic rings. The first-order chi connectivity index (χ1) is 12.2. The molecule has 0 bridgehead atoms. The molecule has 0 heterocycles. The van der Waals surface area contributed by atoms with Gasteiger partial charge in [0.05, 0.1) is 6.10 Å². The smallest absolute Gasteiger partial charge is 0.384 e. The van der Waals surface area contributed by atoms with Crippen molar-refractivity contribution >= 4 is 21.1 Å². The number of fused-ring (bicyclic) bond motifs is 5. The summed E-state index contributed by atoms with van der Waals surface area (Å²) in [5.41, 5.74) is 2.65.